The molecule has 0 amide bonds. The fourth-order valence-electron chi connectivity index (χ4n) is 1.53. The lowest BCUT2D eigenvalue weighted by Gasteiger charge is -2.11. The van der Waals surface area contributed by atoms with Crippen LogP contribution in [-0.4, -0.2) is 0 Å². The molecule has 2 aromatic rings. The molecule has 2 rings (SSSR count). The van der Waals surface area contributed by atoms with E-state index in [0.717, 1.165) is 12.1 Å². The van der Waals surface area contributed by atoms with Gasteiger partial charge in [0.2, 0.25) is 0 Å². The molecule has 0 aliphatic carbocycles. The molecule has 0 radical (unpaired) electrons. The molecule has 0 saturated heterocycles. The summed E-state index contributed by atoms with van der Waals surface area (Å²) in [5.74, 6) is -0.483. The lowest BCUT2D eigenvalue weighted by molar-refractivity contribution is -0.137. The largest absolute Gasteiger partial charge is 0.416 e. The molecule has 100 valence electrons. The first-order valence-corrected chi connectivity index (χ1v) is 5.35. The number of nitrogen functional groups attached to an aromatic ring is 1. The van der Waals surface area contributed by atoms with Gasteiger partial charge < -0.3 is 11.1 Å². The van der Waals surface area contributed by atoms with Crippen LogP contribution >= 0.6 is 0 Å². The van der Waals surface area contributed by atoms with Crippen LogP contribution in [0.5, 0.6) is 0 Å². The quantitative estimate of drug-likeness (QED) is 0.635. The highest BCUT2D eigenvalue weighted by atomic mass is 19.4. The fourth-order valence-corrected chi connectivity index (χ4v) is 1.53. The number of hydrogen-bond acceptors (Lipinski definition) is 2. The first kappa shape index (κ1) is 13.2. The van der Waals surface area contributed by atoms with E-state index in [1.807, 2.05) is 0 Å². The minimum absolute atomic E-state index is 0.305. The fraction of sp³-hybridized carbons (Fsp3) is 0.0769. The molecule has 3 N–H and O–H groups in total. The summed E-state index contributed by atoms with van der Waals surface area (Å²) in [6.45, 7) is 0. The Bertz CT molecular complexity index is 576. The normalized spacial score (nSPS) is 11.4. The van der Waals surface area contributed by atoms with Crippen molar-refractivity contribution in [1.82, 2.24) is 0 Å². The predicted octanol–water partition coefficient (Wildman–Crippen LogP) is 4.17. The molecule has 0 bridgehead atoms. The molecule has 0 aromatic heterocycles. The van der Waals surface area contributed by atoms with Crippen LogP contribution < -0.4 is 11.1 Å². The Morgan fingerprint density at radius 2 is 1.58 bits per heavy atom. The van der Waals surface area contributed by atoms with Crippen LogP contribution in [0.2, 0.25) is 0 Å². The van der Waals surface area contributed by atoms with Gasteiger partial charge in [-0.3, -0.25) is 0 Å². The molecule has 0 heterocycles. The van der Waals surface area contributed by atoms with E-state index in [0.29, 0.717) is 17.1 Å². The number of nitrogens with one attached hydrogen (secondary N) is 1. The first-order valence-electron chi connectivity index (χ1n) is 5.35. The summed E-state index contributed by atoms with van der Waals surface area (Å²) in [7, 11) is 0. The van der Waals surface area contributed by atoms with Crippen LogP contribution in [0.25, 0.3) is 0 Å². The molecule has 19 heavy (non-hydrogen) atoms. The zero-order valence-electron chi connectivity index (χ0n) is 9.63. The third kappa shape index (κ3) is 3.15. The van der Waals surface area contributed by atoms with Gasteiger partial charge in [0.05, 0.1) is 16.9 Å². The molecular formula is C13H10F4N2. The van der Waals surface area contributed by atoms with Gasteiger partial charge >= 0.3 is 6.18 Å². The predicted molar refractivity (Wildman–Crippen MR) is 65.5 cm³/mol. The Hall–Kier alpha value is -2.24. The molecule has 0 aliphatic heterocycles. The maximum absolute atomic E-state index is 13.0. The Balaban J connectivity index is 2.22. The van der Waals surface area contributed by atoms with Gasteiger partial charge in [-0.05, 0) is 42.5 Å². The lowest BCUT2D eigenvalue weighted by Crippen LogP contribution is -2.04. The third-order valence-corrected chi connectivity index (χ3v) is 2.51. The summed E-state index contributed by atoms with van der Waals surface area (Å²) < 4.78 is 50.1. The second-order valence-corrected chi connectivity index (χ2v) is 3.93. The zero-order valence-corrected chi connectivity index (χ0v) is 9.63. The van der Waals surface area contributed by atoms with Crippen molar-refractivity contribution in [3.8, 4) is 0 Å². The number of nitrogens with two attached hydrogens (primary N) is 1. The molecule has 0 fully saturated rings. The molecule has 0 spiro atoms. The average molecular weight is 270 g/mol. The van der Waals surface area contributed by atoms with E-state index in [-0.39, 0.29) is 0 Å². The molecule has 2 nitrogen and oxygen atoms in total. The van der Waals surface area contributed by atoms with Crippen LogP contribution in [-0.2, 0) is 6.18 Å². The van der Waals surface area contributed by atoms with Gasteiger partial charge in [-0.2, -0.15) is 13.2 Å². The number of halogens is 4. The maximum Gasteiger partial charge on any atom is 0.416 e. The number of alkyl halides is 3. The molecular weight excluding hydrogens is 260 g/mol. The van der Waals surface area contributed by atoms with Gasteiger partial charge in [-0.1, -0.05) is 0 Å². The monoisotopic (exact) mass is 270 g/mol. The molecule has 2 aromatic carbocycles. The van der Waals surface area contributed by atoms with Gasteiger partial charge in [0.15, 0.2) is 0 Å². The van der Waals surface area contributed by atoms with E-state index in [9.17, 15) is 17.6 Å². The van der Waals surface area contributed by atoms with Gasteiger partial charge in [-0.25, -0.2) is 4.39 Å². The van der Waals surface area contributed by atoms with Crippen molar-refractivity contribution >= 4 is 17.1 Å². The highest BCUT2D eigenvalue weighted by Gasteiger charge is 2.29. The molecule has 0 aliphatic rings. The maximum atomic E-state index is 13.0. The first-order chi connectivity index (χ1) is 8.86. The van der Waals surface area contributed by atoms with E-state index < -0.39 is 17.6 Å². The summed E-state index contributed by atoms with van der Waals surface area (Å²) in [6, 6.07) is 8.15. The Labute approximate surface area is 106 Å². The summed E-state index contributed by atoms with van der Waals surface area (Å²) in [6.07, 6.45) is -4.38. The van der Waals surface area contributed by atoms with Crippen LogP contribution in [0.1, 0.15) is 5.56 Å². The molecule has 6 heteroatoms. The summed E-state index contributed by atoms with van der Waals surface area (Å²) in [5, 5.41) is 2.76. The van der Waals surface area contributed by atoms with Crippen molar-refractivity contribution in [3.05, 3.63) is 53.8 Å². The second-order valence-electron chi connectivity index (χ2n) is 3.93. The topological polar surface area (TPSA) is 38.0 Å². The van der Waals surface area contributed by atoms with Gasteiger partial charge in [0.1, 0.15) is 5.82 Å². The number of hydrogen-bond donors (Lipinski definition) is 2. The minimum atomic E-state index is -4.38. The highest BCUT2D eigenvalue weighted by Crippen LogP contribution is 2.31. The molecule has 0 saturated carbocycles. The number of rotatable bonds is 2. The van der Waals surface area contributed by atoms with Crippen LogP contribution in [0.15, 0.2) is 42.5 Å². The summed E-state index contributed by atoms with van der Waals surface area (Å²) in [5.41, 5.74) is 5.89. The second kappa shape index (κ2) is 4.79. The number of benzene rings is 2. The van der Waals surface area contributed by atoms with Crippen molar-refractivity contribution in [3.63, 3.8) is 0 Å². The van der Waals surface area contributed by atoms with E-state index in [4.69, 9.17) is 5.73 Å². The zero-order chi connectivity index (χ0) is 14.0. The van der Waals surface area contributed by atoms with E-state index in [1.54, 1.807) is 0 Å². The standard InChI is InChI=1S/C13H10F4N2/c14-9-3-6-11(18)12(7-9)19-10-4-1-8(2-5-10)13(15,16)17/h1-7,19H,18H2. The van der Waals surface area contributed by atoms with Gasteiger partial charge in [0, 0.05) is 5.69 Å². The summed E-state index contributed by atoms with van der Waals surface area (Å²) >= 11 is 0. The Kier molecular flexibility index (Phi) is 3.33. The Morgan fingerprint density at radius 3 is 2.16 bits per heavy atom. The van der Waals surface area contributed by atoms with E-state index in [2.05, 4.69) is 5.32 Å². The van der Waals surface area contributed by atoms with Crippen molar-refractivity contribution in [2.45, 2.75) is 6.18 Å². The SMILES string of the molecule is Nc1ccc(F)cc1Nc1ccc(C(F)(F)F)cc1. The smallest absolute Gasteiger partial charge is 0.397 e. The van der Waals surface area contributed by atoms with Crippen LogP contribution in [0.3, 0.4) is 0 Å². The van der Waals surface area contributed by atoms with Crippen LogP contribution in [0, 0.1) is 5.82 Å². The van der Waals surface area contributed by atoms with E-state index in [1.165, 1.54) is 30.3 Å². The van der Waals surface area contributed by atoms with Crippen LogP contribution in [0.4, 0.5) is 34.6 Å². The lowest BCUT2D eigenvalue weighted by atomic mass is 10.2. The highest BCUT2D eigenvalue weighted by molar-refractivity contribution is 5.72. The van der Waals surface area contributed by atoms with Gasteiger partial charge in [-0.15, -0.1) is 0 Å². The van der Waals surface area contributed by atoms with Crippen molar-refractivity contribution < 1.29 is 17.6 Å². The number of anilines is 3. The van der Waals surface area contributed by atoms with E-state index >= 15 is 0 Å². The molecule has 0 unspecified atom stereocenters. The average Bonchev–Trinajstić information content (AvgIpc) is 2.33. The molecule has 0 atom stereocenters. The van der Waals surface area contributed by atoms with Gasteiger partial charge in [0.25, 0.3) is 0 Å². The summed E-state index contributed by atoms with van der Waals surface area (Å²) in [4.78, 5) is 0. The minimum Gasteiger partial charge on any atom is -0.397 e. The third-order valence-electron chi connectivity index (χ3n) is 2.51. The Morgan fingerprint density at radius 1 is 0.947 bits per heavy atom. The van der Waals surface area contributed by atoms with Crippen molar-refractivity contribution in [2.24, 2.45) is 0 Å². The van der Waals surface area contributed by atoms with Crippen molar-refractivity contribution in [1.29, 1.82) is 0 Å². The van der Waals surface area contributed by atoms with Crippen molar-refractivity contribution in [2.75, 3.05) is 11.1 Å².